The molecule has 0 spiro atoms. The average molecular weight is 383 g/mol. The number of nitrogens with zero attached hydrogens (tertiary/aromatic N) is 1. The molecule has 3 atom stereocenters. The molecule has 1 heterocycles. The van der Waals surface area contributed by atoms with Crippen LogP contribution in [0.2, 0.25) is 0 Å². The van der Waals surface area contributed by atoms with Gasteiger partial charge in [-0.15, -0.1) is 5.73 Å². The summed E-state index contributed by atoms with van der Waals surface area (Å²) < 4.78 is 5.29. The molecule has 0 bridgehead atoms. The van der Waals surface area contributed by atoms with E-state index in [2.05, 4.69) is 36.0 Å². The monoisotopic (exact) mass is 383 g/mol. The van der Waals surface area contributed by atoms with Crippen LogP contribution >= 0.6 is 0 Å². The van der Waals surface area contributed by atoms with Gasteiger partial charge in [-0.25, -0.2) is 0 Å². The first kappa shape index (κ1) is 20.2. The molecule has 0 aromatic heterocycles. The van der Waals surface area contributed by atoms with Crippen molar-refractivity contribution in [1.29, 1.82) is 0 Å². The van der Waals surface area contributed by atoms with Crippen LogP contribution in [0.1, 0.15) is 11.1 Å². The Morgan fingerprint density at radius 2 is 1.79 bits per heavy atom. The molecular formula is C25H21NO3. The topological polar surface area (TPSA) is 49.8 Å². The summed E-state index contributed by atoms with van der Waals surface area (Å²) in [7, 11) is 1.45. The summed E-state index contributed by atoms with van der Waals surface area (Å²) in [4.78, 5) is 13.9. The molecule has 1 N–H and O–H groups in total. The van der Waals surface area contributed by atoms with Crippen LogP contribution in [0.25, 0.3) is 5.57 Å². The quantitative estimate of drug-likeness (QED) is 0.490. The van der Waals surface area contributed by atoms with Crippen molar-refractivity contribution in [1.82, 2.24) is 4.90 Å². The number of aliphatic hydroxyl groups is 1. The number of amides is 1. The molecule has 4 heteroatoms. The molecule has 1 saturated heterocycles. The Hall–Kier alpha value is -3.53. The Morgan fingerprint density at radius 1 is 1.14 bits per heavy atom. The predicted octanol–water partition coefficient (Wildman–Crippen LogP) is 2.50. The maximum atomic E-state index is 12.4. The number of carbonyl (C=O) groups is 1. The molecule has 1 aliphatic rings. The first-order valence-electron chi connectivity index (χ1n) is 9.18. The van der Waals surface area contributed by atoms with Crippen LogP contribution in [0.4, 0.5) is 0 Å². The summed E-state index contributed by atoms with van der Waals surface area (Å²) in [6.07, 6.45) is -1.72. The number of rotatable bonds is 5. The van der Waals surface area contributed by atoms with Gasteiger partial charge in [0, 0.05) is 18.2 Å². The third-order valence-electron chi connectivity index (χ3n) is 4.73. The Labute approximate surface area is 171 Å². The largest absolute Gasteiger partial charge is 0.385 e. The number of benzene rings is 2. The lowest BCUT2D eigenvalue weighted by atomic mass is 9.86. The van der Waals surface area contributed by atoms with Gasteiger partial charge in [-0.1, -0.05) is 67.0 Å². The first-order chi connectivity index (χ1) is 14.2. The third-order valence-corrected chi connectivity index (χ3v) is 4.73. The molecule has 0 aliphatic carbocycles. The second-order valence-electron chi connectivity index (χ2n) is 6.43. The van der Waals surface area contributed by atoms with Crippen molar-refractivity contribution in [3.63, 3.8) is 0 Å². The van der Waals surface area contributed by atoms with E-state index in [9.17, 15) is 9.90 Å². The molecule has 1 aliphatic heterocycles. The number of methoxy groups -OCH3 is 1. The van der Waals surface area contributed by atoms with Crippen molar-refractivity contribution < 1.29 is 14.6 Å². The minimum Gasteiger partial charge on any atom is -0.385 e. The fourth-order valence-corrected chi connectivity index (χ4v) is 3.26. The molecule has 1 fully saturated rings. The zero-order chi connectivity index (χ0) is 20.6. The molecule has 0 unspecified atom stereocenters. The van der Waals surface area contributed by atoms with Crippen molar-refractivity contribution in [2.24, 2.45) is 0 Å². The highest BCUT2D eigenvalue weighted by atomic mass is 16.5. The molecule has 2 aromatic rings. The first-order valence-corrected chi connectivity index (χ1v) is 9.18. The summed E-state index contributed by atoms with van der Waals surface area (Å²) >= 11 is 0. The molecule has 3 rings (SSSR count). The molecule has 144 valence electrons. The van der Waals surface area contributed by atoms with Crippen LogP contribution in [-0.2, 0) is 9.53 Å². The van der Waals surface area contributed by atoms with Crippen LogP contribution in [0, 0.1) is 23.7 Å². The molecule has 2 aromatic carbocycles. The molecule has 1 amide bonds. The van der Waals surface area contributed by atoms with Crippen LogP contribution in [0.5, 0.6) is 0 Å². The van der Waals surface area contributed by atoms with Crippen molar-refractivity contribution >= 4 is 11.5 Å². The number of β-lactam (4-membered cyclic amide) rings is 1. The zero-order valence-electron chi connectivity index (χ0n) is 16.1. The lowest BCUT2D eigenvalue weighted by molar-refractivity contribution is -0.175. The van der Waals surface area contributed by atoms with Crippen LogP contribution in [0.15, 0.2) is 73.0 Å². The fourth-order valence-electron chi connectivity index (χ4n) is 3.26. The van der Waals surface area contributed by atoms with E-state index < -0.39 is 18.2 Å². The zero-order valence-corrected chi connectivity index (χ0v) is 16.1. The summed E-state index contributed by atoms with van der Waals surface area (Å²) in [6.45, 7) is 3.85. The normalized spacial score (nSPS) is 18.3. The van der Waals surface area contributed by atoms with Gasteiger partial charge in [0.25, 0.3) is 5.91 Å². The third kappa shape index (κ3) is 4.49. The Kier molecular flexibility index (Phi) is 6.69. The lowest BCUT2D eigenvalue weighted by Crippen LogP contribution is -2.69. The SMILES string of the molecule is C=C=C(c1ccccc1)[C@@H](O)[C@H]1[C@@H](OC)C(=O)N1CC#CC#Cc1ccccc1. The molecule has 4 nitrogen and oxygen atoms in total. The van der Waals surface area contributed by atoms with Gasteiger partial charge in [0.2, 0.25) is 0 Å². The van der Waals surface area contributed by atoms with Crippen molar-refractivity contribution in [2.75, 3.05) is 13.7 Å². The van der Waals surface area contributed by atoms with Crippen LogP contribution in [-0.4, -0.2) is 47.8 Å². The summed E-state index contributed by atoms with van der Waals surface area (Å²) in [5, 5.41) is 10.9. The van der Waals surface area contributed by atoms with Gasteiger partial charge in [-0.2, -0.15) is 0 Å². The summed E-state index contributed by atoms with van der Waals surface area (Å²) in [5.74, 6) is 11.2. The standard InChI is InChI=1S/C25H21NO3/c1-3-21(20-16-10-5-11-17-20)23(27)22-24(29-2)25(28)26(22)18-12-6-9-15-19-13-7-4-8-14-19/h4-5,7-8,10-11,13-14,16-17,22-24,27H,1,18H2,2H3/t22-,23+,24+/m0/s1. The number of hydrogen-bond donors (Lipinski definition) is 1. The highest BCUT2D eigenvalue weighted by molar-refractivity contribution is 5.90. The number of hydrogen-bond acceptors (Lipinski definition) is 3. The maximum Gasteiger partial charge on any atom is 0.255 e. The van der Waals surface area contributed by atoms with E-state index in [1.54, 1.807) is 0 Å². The number of carbonyl (C=O) groups excluding carboxylic acids is 1. The minimum absolute atomic E-state index is 0.156. The van der Waals surface area contributed by atoms with Crippen LogP contribution < -0.4 is 0 Å². The lowest BCUT2D eigenvalue weighted by Gasteiger charge is -2.47. The number of ether oxygens (including phenoxy) is 1. The fraction of sp³-hybridized carbons (Fsp3) is 0.200. The second kappa shape index (κ2) is 9.60. The summed E-state index contributed by atoms with van der Waals surface area (Å²) in [5.41, 5.74) is 5.00. The van der Waals surface area contributed by atoms with E-state index in [0.29, 0.717) is 5.57 Å². The van der Waals surface area contributed by atoms with E-state index in [4.69, 9.17) is 4.74 Å². The molecule has 29 heavy (non-hydrogen) atoms. The Morgan fingerprint density at radius 3 is 2.41 bits per heavy atom. The van der Waals surface area contributed by atoms with E-state index in [0.717, 1.165) is 11.1 Å². The van der Waals surface area contributed by atoms with E-state index in [1.807, 2.05) is 60.7 Å². The smallest absolute Gasteiger partial charge is 0.255 e. The minimum atomic E-state index is -0.991. The van der Waals surface area contributed by atoms with Gasteiger partial charge >= 0.3 is 0 Å². The molecular weight excluding hydrogens is 362 g/mol. The van der Waals surface area contributed by atoms with Crippen molar-refractivity contribution in [3.8, 4) is 23.7 Å². The number of aliphatic hydroxyl groups excluding tert-OH is 1. The van der Waals surface area contributed by atoms with Gasteiger partial charge in [0.1, 0.15) is 6.10 Å². The predicted molar refractivity (Wildman–Crippen MR) is 112 cm³/mol. The summed E-state index contributed by atoms with van der Waals surface area (Å²) in [6, 6.07) is 18.3. The van der Waals surface area contributed by atoms with E-state index >= 15 is 0 Å². The average Bonchev–Trinajstić information content (AvgIpc) is 2.76. The maximum absolute atomic E-state index is 12.4. The van der Waals surface area contributed by atoms with Crippen molar-refractivity contribution in [3.05, 3.63) is 84.1 Å². The van der Waals surface area contributed by atoms with Crippen LogP contribution in [0.3, 0.4) is 0 Å². The van der Waals surface area contributed by atoms with Crippen molar-refractivity contribution in [2.45, 2.75) is 18.2 Å². The van der Waals surface area contributed by atoms with Gasteiger partial charge in [0.05, 0.1) is 12.6 Å². The van der Waals surface area contributed by atoms with E-state index in [1.165, 1.54) is 12.0 Å². The number of likely N-dealkylation sites (tertiary alicyclic amines) is 1. The van der Waals surface area contributed by atoms with Gasteiger partial charge in [-0.05, 0) is 29.5 Å². The highest BCUT2D eigenvalue weighted by Crippen LogP contribution is 2.31. The van der Waals surface area contributed by atoms with E-state index in [-0.39, 0.29) is 12.5 Å². The molecule has 0 radical (unpaired) electrons. The van der Waals surface area contributed by atoms with Gasteiger partial charge in [0.15, 0.2) is 6.10 Å². The highest BCUT2D eigenvalue weighted by Gasteiger charge is 2.51. The van der Waals surface area contributed by atoms with Gasteiger partial charge < -0.3 is 14.7 Å². The molecule has 0 saturated carbocycles. The van der Waals surface area contributed by atoms with Gasteiger partial charge in [-0.3, -0.25) is 4.79 Å². The Balaban J connectivity index is 1.74. The second-order valence-corrected chi connectivity index (χ2v) is 6.43. The Bertz CT molecular complexity index is 1030.